The number of aliphatic hydroxyl groups is 1. The van der Waals surface area contributed by atoms with Gasteiger partial charge in [-0.1, -0.05) is 30.3 Å². The van der Waals surface area contributed by atoms with E-state index < -0.39 is 0 Å². The average Bonchev–Trinajstić information content (AvgIpc) is 3.41. The van der Waals surface area contributed by atoms with Crippen LogP contribution in [0.5, 0.6) is 5.75 Å². The number of hydrogen-bond donors (Lipinski definition) is 1. The molecule has 0 unspecified atom stereocenters. The Hall–Kier alpha value is -3.42. The van der Waals surface area contributed by atoms with E-state index in [1.54, 1.807) is 18.4 Å². The molecule has 0 saturated carbocycles. The molecular weight excluding hydrogens is 482 g/mol. The van der Waals surface area contributed by atoms with Crippen LogP contribution in [0.15, 0.2) is 65.4 Å². The summed E-state index contributed by atoms with van der Waals surface area (Å²) in [6.07, 6.45) is 1.71. The number of piperidine rings is 1. The first-order valence-electron chi connectivity index (χ1n) is 12.7. The molecule has 3 heterocycles. The highest BCUT2D eigenvalue weighted by molar-refractivity contribution is 7.08. The lowest BCUT2D eigenvalue weighted by Gasteiger charge is -2.34. The number of methoxy groups -OCH3 is 1. The number of thiophene rings is 1. The van der Waals surface area contributed by atoms with E-state index in [4.69, 9.17) is 9.72 Å². The predicted octanol–water partition coefficient (Wildman–Crippen LogP) is 5.35. The van der Waals surface area contributed by atoms with Gasteiger partial charge in [0.15, 0.2) is 0 Å². The number of hydrogen-bond acceptors (Lipinski definition) is 6. The summed E-state index contributed by atoms with van der Waals surface area (Å²) >= 11 is 1.60. The van der Waals surface area contributed by atoms with Crippen LogP contribution in [0.3, 0.4) is 0 Å². The SMILES string of the molecule is COc1ccc(CN(Cc2cc3cccc(C)c3nc2N2CCC[C@H](O)C2)C(=O)Cc2ccsc2)cc1. The van der Waals surface area contributed by atoms with Crippen molar-refractivity contribution in [3.8, 4) is 5.75 Å². The summed E-state index contributed by atoms with van der Waals surface area (Å²) in [6.45, 7) is 4.40. The van der Waals surface area contributed by atoms with Crippen LogP contribution < -0.4 is 9.64 Å². The third-order valence-electron chi connectivity index (χ3n) is 6.98. The summed E-state index contributed by atoms with van der Waals surface area (Å²) in [5.74, 6) is 1.73. The first-order valence-corrected chi connectivity index (χ1v) is 13.7. The topological polar surface area (TPSA) is 65.9 Å². The van der Waals surface area contributed by atoms with Gasteiger partial charge in [0, 0.05) is 37.1 Å². The molecular formula is C30H33N3O3S. The number of amides is 1. The molecule has 1 N–H and O–H groups in total. The number of aliphatic hydroxyl groups excluding tert-OH is 1. The number of anilines is 1. The monoisotopic (exact) mass is 515 g/mol. The summed E-state index contributed by atoms with van der Waals surface area (Å²) in [5, 5.41) is 15.5. The van der Waals surface area contributed by atoms with Gasteiger partial charge in [-0.05, 0) is 71.5 Å². The fourth-order valence-electron chi connectivity index (χ4n) is 4.99. The van der Waals surface area contributed by atoms with Gasteiger partial charge in [0.25, 0.3) is 0 Å². The zero-order valence-corrected chi connectivity index (χ0v) is 22.2. The lowest BCUT2D eigenvalue weighted by Crippen LogP contribution is -2.40. The Kier molecular flexibility index (Phi) is 7.72. The molecule has 37 heavy (non-hydrogen) atoms. The van der Waals surface area contributed by atoms with E-state index in [-0.39, 0.29) is 12.0 Å². The molecule has 2 aromatic heterocycles. The van der Waals surface area contributed by atoms with Crippen LogP contribution in [-0.2, 0) is 24.3 Å². The van der Waals surface area contributed by atoms with Gasteiger partial charge in [0.1, 0.15) is 11.6 Å². The predicted molar refractivity (Wildman–Crippen MR) is 149 cm³/mol. The number of nitrogens with zero attached hydrogens (tertiary/aromatic N) is 3. The average molecular weight is 516 g/mol. The van der Waals surface area contributed by atoms with Crippen molar-refractivity contribution in [1.29, 1.82) is 0 Å². The number of fused-ring (bicyclic) bond motifs is 1. The Morgan fingerprint density at radius 3 is 2.73 bits per heavy atom. The van der Waals surface area contributed by atoms with Crippen LogP contribution in [0.2, 0.25) is 0 Å². The van der Waals surface area contributed by atoms with Gasteiger partial charge in [0.2, 0.25) is 5.91 Å². The molecule has 1 fully saturated rings. The lowest BCUT2D eigenvalue weighted by atomic mass is 10.0. The van der Waals surface area contributed by atoms with Gasteiger partial charge in [-0.15, -0.1) is 0 Å². The second-order valence-electron chi connectivity index (χ2n) is 9.77. The first-order chi connectivity index (χ1) is 18.0. The summed E-state index contributed by atoms with van der Waals surface area (Å²) in [5.41, 5.74) is 5.15. The molecule has 1 aliphatic rings. The zero-order valence-electron chi connectivity index (χ0n) is 21.4. The third-order valence-corrected chi connectivity index (χ3v) is 7.71. The van der Waals surface area contributed by atoms with Crippen molar-refractivity contribution < 1.29 is 14.6 Å². The zero-order chi connectivity index (χ0) is 25.8. The number of rotatable bonds is 8. The molecule has 2 aromatic carbocycles. The summed E-state index contributed by atoms with van der Waals surface area (Å²) in [4.78, 5) is 22.8. The van der Waals surface area contributed by atoms with Gasteiger partial charge in [-0.2, -0.15) is 11.3 Å². The Labute approximate surface area is 222 Å². The van der Waals surface area contributed by atoms with Crippen molar-refractivity contribution in [3.63, 3.8) is 0 Å². The number of benzene rings is 2. The Morgan fingerprint density at radius 2 is 2.00 bits per heavy atom. The Morgan fingerprint density at radius 1 is 1.16 bits per heavy atom. The van der Waals surface area contributed by atoms with Crippen LogP contribution in [0, 0.1) is 6.92 Å². The minimum atomic E-state index is -0.369. The molecule has 6 nitrogen and oxygen atoms in total. The van der Waals surface area contributed by atoms with Gasteiger partial charge in [-0.25, -0.2) is 4.98 Å². The number of para-hydroxylation sites is 1. The maximum absolute atomic E-state index is 13.6. The molecule has 0 bridgehead atoms. The van der Waals surface area contributed by atoms with Crippen molar-refractivity contribution in [3.05, 3.63) is 87.6 Å². The highest BCUT2D eigenvalue weighted by Crippen LogP contribution is 2.29. The van der Waals surface area contributed by atoms with E-state index in [0.717, 1.165) is 64.1 Å². The van der Waals surface area contributed by atoms with Crippen molar-refractivity contribution in [2.75, 3.05) is 25.1 Å². The van der Waals surface area contributed by atoms with Crippen LogP contribution >= 0.6 is 11.3 Å². The number of aromatic nitrogens is 1. The second-order valence-corrected chi connectivity index (χ2v) is 10.5. The molecule has 0 aliphatic carbocycles. The molecule has 4 aromatic rings. The van der Waals surface area contributed by atoms with E-state index in [2.05, 4.69) is 30.0 Å². The molecule has 0 radical (unpaired) electrons. The number of pyridine rings is 1. The highest BCUT2D eigenvalue weighted by atomic mass is 32.1. The number of ether oxygens (including phenoxy) is 1. The molecule has 1 saturated heterocycles. The normalized spacial score (nSPS) is 15.6. The smallest absolute Gasteiger partial charge is 0.227 e. The van der Waals surface area contributed by atoms with Gasteiger partial charge >= 0.3 is 0 Å². The summed E-state index contributed by atoms with van der Waals surface area (Å²) in [6, 6.07) is 18.2. The molecule has 5 rings (SSSR count). The summed E-state index contributed by atoms with van der Waals surface area (Å²) in [7, 11) is 1.65. The molecule has 1 amide bonds. The maximum atomic E-state index is 13.6. The van der Waals surface area contributed by atoms with Crippen molar-refractivity contribution in [1.82, 2.24) is 9.88 Å². The van der Waals surface area contributed by atoms with Gasteiger partial charge < -0.3 is 19.6 Å². The molecule has 1 atom stereocenters. The second kappa shape index (κ2) is 11.3. The third kappa shape index (κ3) is 5.95. The van der Waals surface area contributed by atoms with E-state index in [1.807, 2.05) is 52.1 Å². The van der Waals surface area contributed by atoms with Crippen molar-refractivity contribution in [2.24, 2.45) is 0 Å². The van der Waals surface area contributed by atoms with Crippen molar-refractivity contribution in [2.45, 2.75) is 45.4 Å². The fourth-order valence-corrected chi connectivity index (χ4v) is 5.66. The van der Waals surface area contributed by atoms with E-state index in [0.29, 0.717) is 26.1 Å². The molecule has 7 heteroatoms. The maximum Gasteiger partial charge on any atom is 0.227 e. The highest BCUT2D eigenvalue weighted by Gasteiger charge is 2.24. The van der Waals surface area contributed by atoms with E-state index in [1.165, 1.54) is 0 Å². The van der Waals surface area contributed by atoms with Crippen LogP contribution in [0.25, 0.3) is 10.9 Å². The van der Waals surface area contributed by atoms with E-state index >= 15 is 0 Å². The number of β-amino-alcohol motifs (C(OH)–C–C–N with tert-alkyl or cyclic N) is 1. The fraction of sp³-hybridized carbons (Fsp3) is 0.333. The van der Waals surface area contributed by atoms with Crippen LogP contribution in [0.1, 0.15) is 35.1 Å². The standard InChI is InChI=1S/C30H33N3O3S/c1-21-5-3-6-24-16-25(30(31-29(21)24)32-13-4-7-26(34)19-32)18-33(28(35)15-23-12-14-37-20-23)17-22-8-10-27(36-2)11-9-22/h3,5-6,8-12,14,16,20,26,34H,4,7,13,15,17-19H2,1-2H3/t26-/m0/s1. The van der Waals surface area contributed by atoms with E-state index in [9.17, 15) is 9.90 Å². The molecule has 192 valence electrons. The molecule has 0 spiro atoms. The van der Waals surface area contributed by atoms with Crippen LogP contribution in [0.4, 0.5) is 5.82 Å². The molecule has 1 aliphatic heterocycles. The largest absolute Gasteiger partial charge is 0.497 e. The van der Waals surface area contributed by atoms with Gasteiger partial charge in [0.05, 0.1) is 25.2 Å². The summed E-state index contributed by atoms with van der Waals surface area (Å²) < 4.78 is 5.32. The van der Waals surface area contributed by atoms with Crippen molar-refractivity contribution >= 4 is 34.0 Å². The minimum Gasteiger partial charge on any atom is -0.497 e. The number of carbonyl (C=O) groups excluding carboxylic acids is 1. The van der Waals surface area contributed by atoms with Gasteiger partial charge in [-0.3, -0.25) is 4.79 Å². The quantitative estimate of drug-likeness (QED) is 0.343. The van der Waals surface area contributed by atoms with Crippen LogP contribution in [-0.4, -0.2) is 47.2 Å². The lowest BCUT2D eigenvalue weighted by molar-refractivity contribution is -0.131. The Bertz CT molecular complexity index is 1350. The minimum absolute atomic E-state index is 0.0724. The number of carbonyl (C=O) groups is 1. The first kappa shape index (κ1) is 25.2. The number of aryl methyl sites for hydroxylation is 1. The Balaban J connectivity index is 1.52.